The minimum Gasteiger partial charge on any atom is -0.507 e. The summed E-state index contributed by atoms with van der Waals surface area (Å²) in [5, 5.41) is 23.1. The quantitative estimate of drug-likeness (QED) is 0.0323. The molecule has 681 valence electrons. The molecule has 0 spiro atoms. The van der Waals surface area contributed by atoms with Gasteiger partial charge in [-0.3, -0.25) is 0 Å². The molecule has 15 rings (SSSR count). The van der Waals surface area contributed by atoms with Crippen LogP contribution in [0.25, 0.3) is 55.6 Å². The molecule has 2 aliphatic heterocycles. The molecule has 150 heavy (non-hydrogen) atoms. The number of halogens is 1. The van der Waals surface area contributed by atoms with Crippen LogP contribution in [0.3, 0.4) is 0 Å². The number of rotatable bonds is 40. The number of fused-ring (bicyclic) bond motifs is 2. The highest BCUT2D eigenvalue weighted by atomic mass is 79.9. The lowest BCUT2D eigenvalue weighted by Crippen LogP contribution is -2.85. The lowest BCUT2D eigenvalue weighted by Gasteiger charge is -2.47. The zero-order valence-corrected chi connectivity index (χ0v) is 89.7. The van der Waals surface area contributed by atoms with Crippen LogP contribution in [0.5, 0.6) is 40.2 Å². The number of ether oxygens (including phenoxy) is 7. The number of hydrogen-bond acceptors (Lipinski definition) is 11. The molecule has 2 heterocycles. The van der Waals surface area contributed by atoms with Crippen molar-refractivity contribution >= 4 is 335 Å². The molecule has 2 N–H and O–H groups in total. The van der Waals surface area contributed by atoms with Crippen molar-refractivity contribution in [2.24, 2.45) is 0 Å². The predicted octanol–water partition coefficient (Wildman–Crippen LogP) is 6.51. The Balaban J connectivity index is 0.000000200. The van der Waals surface area contributed by atoms with Crippen LogP contribution < -0.4 is 29.1 Å². The van der Waals surface area contributed by atoms with Crippen LogP contribution in [0.4, 0.5) is 0 Å². The first-order valence-electron chi connectivity index (χ1n) is 50.5. The fourth-order valence-electron chi connectivity index (χ4n) is 20.6. The summed E-state index contributed by atoms with van der Waals surface area (Å²) in [6.07, 6.45) is -12.4. The van der Waals surface area contributed by atoms with Crippen molar-refractivity contribution in [3.8, 4) is 95.9 Å². The molecule has 0 aromatic heterocycles. The Hall–Kier alpha value is -6.80. The zero-order valence-electron chi connectivity index (χ0n) is 88.1. The number of aromatic hydroxyl groups is 2. The molecule has 11 aromatic carbocycles. The third kappa shape index (κ3) is 31.4. The predicted molar refractivity (Wildman–Crippen MR) is 685 cm³/mol. The Morgan fingerprint density at radius 1 is 0.327 bits per heavy atom. The first-order chi connectivity index (χ1) is 70.4. The molecule has 0 amide bonds. The second-order valence-electron chi connectivity index (χ2n) is 41.0. The average molecular weight is 1960 g/mol. The normalized spacial score (nSPS) is 16.3. The Morgan fingerprint density at radius 3 is 1.03 bits per heavy atom. The van der Waals surface area contributed by atoms with Gasteiger partial charge in [0.25, 0.3) is 0 Å². The van der Waals surface area contributed by atoms with Gasteiger partial charge in [0.05, 0.1) is 42.1 Å². The van der Waals surface area contributed by atoms with Gasteiger partial charge >= 0.3 is 7.12 Å². The molecule has 56 heteroatoms. The van der Waals surface area contributed by atoms with E-state index in [1.54, 1.807) is 0 Å². The summed E-state index contributed by atoms with van der Waals surface area (Å²) in [6, 6.07) is 73.4. The first-order valence-corrected chi connectivity index (χ1v) is 51.3. The van der Waals surface area contributed by atoms with Gasteiger partial charge in [0.2, 0.25) is 0 Å². The molecule has 4 unspecified atom stereocenters. The fraction of sp³-hybridized carbons (Fsp3) is 0.298. The van der Waals surface area contributed by atoms with Gasteiger partial charge in [-0.1, -0.05) is 182 Å². The third-order valence-electron chi connectivity index (χ3n) is 28.8. The number of aryl methyl sites for hydroxylation is 9. The molecule has 2 aliphatic carbocycles. The van der Waals surface area contributed by atoms with E-state index in [0.29, 0.717) is 51.0 Å². The summed E-state index contributed by atoms with van der Waals surface area (Å²) < 4.78 is 56.7. The Morgan fingerprint density at radius 2 is 0.647 bits per heavy atom. The standard InChI is InChI=1S/C45H44O4.C26H31BO6.C22H21BrO.CH4.B25.B18/c1-28-16-18-34(32(5)22-28)38-24-30(3)26-40(44(38)46)36-12-7-9-14-42(36)48-20-11-21-49-43-15-10-8-13-37(43)41-27-31(4)25-39(45(41)47)35-19-17-29(2)23-33(35)6;1-23-16-24(23,2)31-22(30-23)18-10-5-7-12-20(18)28-14-9-15-29-21-13-8-6-11-19(21)27-32-25(3)17-26(25,4)33-27;1-15-9-10-19(17(3)11-15)20-12-16(2)13-21(23)22(20)24-14-18-7-5-4-6-8-18;;1-14-21(15(2)3)24(20(12)13)25(22(16(4)5)17(6)7)23(18(8)9)19(10)11;1-11(2)16(12(3)4)18(15(9)10)17(13(5)6)14(7)8/h7-10,12-19,22-27,46-47H,11,20-21H2,1-6H3;5-8,10-13,22H,9,14-17H2,1-4H3;4-13H,14H2,1-3H3;1H4;;. The van der Waals surface area contributed by atoms with Crippen molar-refractivity contribution < 1.29 is 52.7 Å². The molecule has 2 saturated heterocycles. The van der Waals surface area contributed by atoms with Crippen LogP contribution in [-0.2, 0) is 25.4 Å². The average Bonchev–Trinajstić information content (AvgIpc) is 1.53. The minimum atomic E-state index is -0.960. The van der Waals surface area contributed by atoms with Crippen molar-refractivity contribution in [3.05, 3.63) is 284 Å². The van der Waals surface area contributed by atoms with Crippen LogP contribution in [0.15, 0.2) is 223 Å². The number of phenols is 2. The molecular weight excluding hydrogens is 1860 g/mol. The molecule has 0 bridgehead atoms. The molecule has 4 fully saturated rings. The largest absolute Gasteiger partial charge is 0.507 e. The smallest absolute Gasteiger partial charge is 0.498 e. The van der Waals surface area contributed by atoms with Gasteiger partial charge in [-0.2, -0.15) is 0 Å². The van der Waals surface area contributed by atoms with Gasteiger partial charge in [-0.05, 0) is 222 Å². The summed E-state index contributed by atoms with van der Waals surface area (Å²) in [5.74, 6) is 4.39. The highest BCUT2D eigenvalue weighted by Gasteiger charge is 2.72. The molecule has 4 aliphatic rings. The monoisotopic (exact) mass is 1970 g/mol. The van der Waals surface area contributed by atoms with Crippen LogP contribution in [0, 0.1) is 62.3 Å². The van der Waals surface area contributed by atoms with Crippen molar-refractivity contribution in [3.63, 3.8) is 0 Å². The summed E-state index contributed by atoms with van der Waals surface area (Å²) in [5.41, 5.74) is 22.0. The molecule has 11 aromatic rings. The highest BCUT2D eigenvalue weighted by Crippen LogP contribution is 2.63. The molecule has 2 saturated carbocycles. The summed E-state index contributed by atoms with van der Waals surface area (Å²) >= 11 is 3.68. The van der Waals surface area contributed by atoms with Crippen LogP contribution in [0.2, 0.25) is 0 Å². The fourth-order valence-corrected chi connectivity index (χ4v) is 21.3. The second-order valence-corrected chi connectivity index (χ2v) is 41.9. The minimum absolute atomic E-state index is 0. The van der Waals surface area contributed by atoms with E-state index in [4.69, 9.17) is 220 Å². The molecule has 47 radical (unpaired) electrons. The van der Waals surface area contributed by atoms with E-state index >= 15 is 0 Å². The van der Waals surface area contributed by atoms with Crippen LogP contribution >= 0.6 is 15.9 Å². The van der Waals surface area contributed by atoms with E-state index in [1.165, 1.54) is 40.4 Å². The first kappa shape index (κ1) is 125. The SMILES string of the molecule is C.CC12CC1(C)OB(c1ccccc1OCCCOc1ccccc1C1OC3(C)CC3(C)O1)O2.Cc1ccc(-c2cc(C)cc(-c3ccccc3OCCCOc3ccccc3-c3cc(C)cc(-c4ccc(C)cc4C)c3O)c2O)c(C)c1.Cc1ccc(-c2cc(C)cc(Br)c2OCc2ccccc2)c(C)c1.[B]B([B])B(B([B])[B])B(B([B])[B])B(B([B])[B])B([B])[B].[B][B]B(B([B])[B])B(B([B])[B])B(B(B([B])[B])B([B])[B])B(B([B])[B])B([B])[B]. The highest BCUT2D eigenvalue weighted by molar-refractivity contribution is 9.10. The number of para-hydroxylation sites is 4. The maximum Gasteiger partial charge on any atom is 0.498 e. The van der Waals surface area contributed by atoms with Crippen molar-refractivity contribution in [2.75, 3.05) is 26.4 Å². The Labute approximate surface area is 944 Å². The van der Waals surface area contributed by atoms with Gasteiger partial charge in [0.1, 0.15) is 58.1 Å². The Bertz CT molecular complexity index is 5920. The third-order valence-corrected chi connectivity index (χ3v) is 29.4. The van der Waals surface area contributed by atoms with Crippen molar-refractivity contribution in [2.45, 2.75) is 158 Å². The number of benzene rings is 11. The number of hydrogen-bond donors (Lipinski definition) is 2. The molecule has 4 atom stereocenters. The Kier molecular flexibility index (Phi) is 46.6. The summed E-state index contributed by atoms with van der Waals surface area (Å²) in [6.45, 7) is 29.7. The maximum atomic E-state index is 11.5. The van der Waals surface area contributed by atoms with E-state index in [-0.39, 0.29) is 54.7 Å². The van der Waals surface area contributed by atoms with Gasteiger partial charge in [-0.25, -0.2) is 0 Å². The summed E-state index contributed by atoms with van der Waals surface area (Å²) in [4.78, 5) is 0. The topological polar surface area (TPSA) is 124 Å². The van der Waals surface area contributed by atoms with E-state index in [2.05, 4.69) is 185 Å². The van der Waals surface area contributed by atoms with E-state index in [0.717, 1.165) is 130 Å². The number of phenolic OH excluding ortho intramolecular Hbond substituents is 2. The van der Waals surface area contributed by atoms with Crippen LogP contribution in [0.1, 0.15) is 128 Å². The van der Waals surface area contributed by atoms with Gasteiger partial charge in [-0.15, -0.1) is 0 Å². The lowest BCUT2D eigenvalue weighted by molar-refractivity contribution is -0.120. The van der Waals surface area contributed by atoms with E-state index < -0.39 is 121 Å². The zero-order chi connectivity index (χ0) is 109. The van der Waals surface area contributed by atoms with E-state index in [1.807, 2.05) is 140 Å². The maximum absolute atomic E-state index is 11.5. The van der Waals surface area contributed by atoms with Crippen LogP contribution in [-0.4, -0.2) is 372 Å². The molecule has 11 nitrogen and oxygen atoms in total. The summed E-state index contributed by atoms with van der Waals surface area (Å²) in [7, 11) is 134. The van der Waals surface area contributed by atoms with Crippen molar-refractivity contribution in [1.29, 1.82) is 0 Å². The van der Waals surface area contributed by atoms with E-state index in [9.17, 15) is 10.2 Å². The van der Waals surface area contributed by atoms with Gasteiger partial charge in [0, 0.05) is 382 Å². The van der Waals surface area contributed by atoms with Gasteiger partial charge in [0.15, 0.2) is 6.29 Å². The van der Waals surface area contributed by atoms with Gasteiger partial charge < -0.3 is 52.7 Å². The van der Waals surface area contributed by atoms with Crippen molar-refractivity contribution in [1.82, 2.24) is 0 Å². The lowest BCUT2D eigenvalue weighted by atomic mass is 8.35. The second kappa shape index (κ2) is 55.9. The molecular formula is C94H100B44BrO11.